The third-order valence-electron chi connectivity index (χ3n) is 7.29. The number of hydrogen-bond acceptors (Lipinski definition) is 3. The fraction of sp³-hybridized carbons (Fsp3) is 1.00. The molecule has 0 amide bonds. The van der Waals surface area contributed by atoms with E-state index in [-0.39, 0.29) is 6.10 Å². The van der Waals surface area contributed by atoms with Gasteiger partial charge in [0, 0.05) is 5.92 Å². The van der Waals surface area contributed by atoms with Crippen molar-refractivity contribution >= 4 is 0 Å². The Labute approximate surface area is 114 Å². The summed E-state index contributed by atoms with van der Waals surface area (Å²) < 4.78 is 5.94. The van der Waals surface area contributed by atoms with Crippen molar-refractivity contribution in [1.29, 1.82) is 0 Å². The van der Waals surface area contributed by atoms with Crippen molar-refractivity contribution in [3.8, 4) is 0 Å². The van der Waals surface area contributed by atoms with Crippen LogP contribution in [0.2, 0.25) is 0 Å². The van der Waals surface area contributed by atoms with Crippen LogP contribution in [-0.4, -0.2) is 34.6 Å². The Kier molecular flexibility index (Phi) is 2.27. The molecule has 1 saturated heterocycles. The summed E-state index contributed by atoms with van der Waals surface area (Å²) in [5.74, 6) is 4.15. The van der Waals surface area contributed by atoms with Crippen molar-refractivity contribution < 1.29 is 14.9 Å². The second kappa shape index (κ2) is 3.75. The van der Waals surface area contributed by atoms with Gasteiger partial charge in [-0.05, 0) is 48.9 Å². The number of hydrogen-bond donors (Lipinski definition) is 2. The molecule has 19 heavy (non-hydrogen) atoms. The SMILES string of the molecule is OC1C(O)C2OC3CC4CCCC5CCC1C(C54)C32. The molecule has 3 heteroatoms. The van der Waals surface area contributed by atoms with Crippen molar-refractivity contribution in [2.24, 2.45) is 35.5 Å². The van der Waals surface area contributed by atoms with Crippen LogP contribution in [0.3, 0.4) is 0 Å². The van der Waals surface area contributed by atoms with Crippen LogP contribution in [0.25, 0.3) is 0 Å². The van der Waals surface area contributed by atoms with Crippen molar-refractivity contribution in [3.05, 3.63) is 0 Å². The van der Waals surface area contributed by atoms with Gasteiger partial charge < -0.3 is 14.9 Å². The van der Waals surface area contributed by atoms with E-state index in [0.29, 0.717) is 23.9 Å². The molecule has 106 valence electrons. The zero-order valence-electron chi connectivity index (χ0n) is 11.3. The smallest absolute Gasteiger partial charge is 0.107 e. The normalized spacial score (nSPS) is 66.0. The van der Waals surface area contributed by atoms with Crippen LogP contribution in [-0.2, 0) is 4.74 Å². The molecule has 10 unspecified atom stereocenters. The lowest BCUT2D eigenvalue weighted by Crippen LogP contribution is -2.72. The monoisotopic (exact) mass is 264 g/mol. The first-order valence-corrected chi connectivity index (χ1v) is 8.27. The minimum Gasteiger partial charge on any atom is -0.390 e. The van der Waals surface area contributed by atoms with E-state index in [2.05, 4.69) is 0 Å². The number of aliphatic hydroxyl groups excluding tert-OH is 2. The molecule has 5 aliphatic rings. The van der Waals surface area contributed by atoms with Gasteiger partial charge in [-0.25, -0.2) is 0 Å². The van der Waals surface area contributed by atoms with E-state index in [1.54, 1.807) is 0 Å². The van der Waals surface area contributed by atoms with Gasteiger partial charge in [-0.15, -0.1) is 0 Å². The van der Waals surface area contributed by atoms with Gasteiger partial charge in [-0.2, -0.15) is 0 Å². The maximum absolute atomic E-state index is 10.5. The molecule has 5 fully saturated rings. The van der Waals surface area contributed by atoms with Gasteiger partial charge in [0.25, 0.3) is 0 Å². The molecule has 0 bridgehead atoms. The van der Waals surface area contributed by atoms with Crippen molar-refractivity contribution in [3.63, 3.8) is 0 Å². The van der Waals surface area contributed by atoms with Crippen LogP contribution in [0, 0.1) is 35.5 Å². The van der Waals surface area contributed by atoms with Crippen LogP contribution < -0.4 is 0 Å². The highest BCUT2D eigenvalue weighted by atomic mass is 16.5. The molecule has 0 aromatic heterocycles. The number of rotatable bonds is 0. The third kappa shape index (κ3) is 1.30. The maximum Gasteiger partial charge on any atom is 0.107 e. The molecule has 0 spiro atoms. The fourth-order valence-corrected chi connectivity index (χ4v) is 6.72. The van der Waals surface area contributed by atoms with Gasteiger partial charge in [0.15, 0.2) is 0 Å². The first-order chi connectivity index (χ1) is 9.25. The molecule has 4 saturated carbocycles. The average Bonchev–Trinajstić information content (AvgIpc) is 2.40. The molecule has 0 aromatic rings. The first-order valence-electron chi connectivity index (χ1n) is 8.27. The highest BCUT2D eigenvalue weighted by Crippen LogP contribution is 2.63. The number of aliphatic hydroxyl groups is 2. The van der Waals surface area contributed by atoms with Crippen LogP contribution in [0.1, 0.15) is 38.5 Å². The van der Waals surface area contributed by atoms with Crippen molar-refractivity contribution in [2.75, 3.05) is 0 Å². The van der Waals surface area contributed by atoms with Crippen molar-refractivity contribution in [2.45, 2.75) is 62.9 Å². The minimum absolute atomic E-state index is 0.0529. The van der Waals surface area contributed by atoms with Crippen LogP contribution >= 0.6 is 0 Å². The van der Waals surface area contributed by atoms with E-state index in [4.69, 9.17) is 4.74 Å². The molecular weight excluding hydrogens is 240 g/mol. The Bertz CT molecular complexity index is 389. The molecular formula is C16H24O3. The predicted molar refractivity (Wildman–Crippen MR) is 69.3 cm³/mol. The standard InChI is InChI=1S/C16H24O3/c17-14-9-5-4-7-2-1-3-8-6-10-13(12(9)11(7)8)16(19-10)15(14)18/h7-18H,1-6H2. The summed E-state index contributed by atoms with van der Waals surface area (Å²) in [4.78, 5) is 0. The third-order valence-corrected chi connectivity index (χ3v) is 7.29. The first kappa shape index (κ1) is 11.5. The molecule has 3 nitrogen and oxygen atoms in total. The summed E-state index contributed by atoms with van der Waals surface area (Å²) in [6.45, 7) is 0. The van der Waals surface area contributed by atoms with E-state index in [9.17, 15) is 10.2 Å². The maximum atomic E-state index is 10.5. The Morgan fingerprint density at radius 1 is 0.789 bits per heavy atom. The summed E-state index contributed by atoms with van der Waals surface area (Å²) >= 11 is 0. The Morgan fingerprint density at radius 2 is 1.63 bits per heavy atom. The zero-order chi connectivity index (χ0) is 12.7. The molecule has 4 aliphatic carbocycles. The van der Waals surface area contributed by atoms with Crippen LogP contribution in [0.4, 0.5) is 0 Å². The van der Waals surface area contributed by atoms with Crippen LogP contribution in [0.15, 0.2) is 0 Å². The van der Waals surface area contributed by atoms with Gasteiger partial charge in [-0.3, -0.25) is 0 Å². The molecule has 10 atom stereocenters. The van der Waals surface area contributed by atoms with E-state index >= 15 is 0 Å². The van der Waals surface area contributed by atoms with Gasteiger partial charge in [0.05, 0.1) is 18.3 Å². The van der Waals surface area contributed by atoms with Gasteiger partial charge in [0.2, 0.25) is 0 Å². The lowest BCUT2D eigenvalue weighted by Gasteiger charge is -2.67. The van der Waals surface area contributed by atoms with E-state index in [0.717, 1.165) is 24.2 Å². The quantitative estimate of drug-likeness (QED) is 0.698. The molecule has 0 radical (unpaired) electrons. The fourth-order valence-electron chi connectivity index (χ4n) is 6.72. The van der Waals surface area contributed by atoms with Crippen molar-refractivity contribution in [1.82, 2.24) is 0 Å². The molecule has 5 rings (SSSR count). The number of ether oxygens (including phenoxy) is 1. The molecule has 1 heterocycles. The van der Waals surface area contributed by atoms with E-state index < -0.39 is 12.2 Å². The highest BCUT2D eigenvalue weighted by Gasteiger charge is 2.66. The van der Waals surface area contributed by atoms with E-state index in [1.807, 2.05) is 0 Å². The van der Waals surface area contributed by atoms with E-state index in [1.165, 1.54) is 32.1 Å². The largest absolute Gasteiger partial charge is 0.390 e. The minimum atomic E-state index is -0.626. The second-order valence-corrected chi connectivity index (χ2v) is 7.78. The van der Waals surface area contributed by atoms with Gasteiger partial charge in [0.1, 0.15) is 6.10 Å². The lowest BCUT2D eigenvalue weighted by atomic mass is 9.45. The summed E-state index contributed by atoms with van der Waals surface area (Å²) in [7, 11) is 0. The predicted octanol–water partition coefficient (Wildman–Crippen LogP) is 1.57. The van der Waals surface area contributed by atoms with Gasteiger partial charge in [-0.1, -0.05) is 19.3 Å². The highest BCUT2D eigenvalue weighted by molar-refractivity contribution is 5.14. The zero-order valence-corrected chi connectivity index (χ0v) is 11.3. The summed E-state index contributed by atoms with van der Waals surface area (Å²) in [5.41, 5.74) is 0. The van der Waals surface area contributed by atoms with Gasteiger partial charge >= 0.3 is 0 Å². The summed E-state index contributed by atoms with van der Waals surface area (Å²) in [6, 6.07) is 0. The average molecular weight is 264 g/mol. The van der Waals surface area contributed by atoms with Crippen LogP contribution in [0.5, 0.6) is 0 Å². The topological polar surface area (TPSA) is 49.7 Å². The summed E-state index contributed by atoms with van der Waals surface area (Å²) in [6.07, 6.45) is 7.02. The lowest BCUT2D eigenvalue weighted by molar-refractivity contribution is -0.331. The Hall–Kier alpha value is -0.120. The summed E-state index contributed by atoms with van der Waals surface area (Å²) in [5, 5.41) is 20.7. The molecule has 0 aromatic carbocycles. The Balaban J connectivity index is 1.56. The Morgan fingerprint density at radius 3 is 2.53 bits per heavy atom. The second-order valence-electron chi connectivity index (χ2n) is 7.78. The molecule has 1 aliphatic heterocycles. The molecule has 2 N–H and O–H groups in total.